The van der Waals surface area contributed by atoms with Gasteiger partial charge >= 0.3 is 0 Å². The third-order valence-electron chi connectivity index (χ3n) is 3.25. The van der Waals surface area contributed by atoms with Crippen molar-refractivity contribution in [2.45, 2.75) is 6.54 Å². The summed E-state index contributed by atoms with van der Waals surface area (Å²) >= 11 is 5.92. The number of nitrogens with zero attached hydrogens (tertiary/aromatic N) is 4. The molecule has 0 saturated carbocycles. The zero-order chi connectivity index (χ0) is 16.4. The van der Waals surface area contributed by atoms with E-state index in [1.807, 2.05) is 6.07 Å². The summed E-state index contributed by atoms with van der Waals surface area (Å²) in [5.41, 5.74) is 1.97. The molecule has 114 valence electrons. The van der Waals surface area contributed by atoms with Crippen LogP contribution in [0.5, 0.6) is 0 Å². The van der Waals surface area contributed by atoms with Crippen molar-refractivity contribution >= 4 is 28.6 Å². The number of hydrogen-bond donors (Lipinski definition) is 1. The molecule has 3 aromatic rings. The first-order valence-electron chi connectivity index (χ1n) is 6.62. The van der Waals surface area contributed by atoms with Gasteiger partial charge in [0.2, 0.25) is 0 Å². The molecule has 2 aromatic heterocycles. The molecule has 2 heterocycles. The molecular formula is C15H10ClN5O2. The molecule has 0 spiro atoms. The number of rotatable bonds is 4. The molecule has 0 radical (unpaired) electrons. The van der Waals surface area contributed by atoms with Crippen molar-refractivity contribution in [3.05, 3.63) is 69.1 Å². The molecule has 3 rings (SSSR count). The Hall–Kier alpha value is -3.11. The van der Waals surface area contributed by atoms with Crippen LogP contribution in [0.15, 0.2) is 42.7 Å². The van der Waals surface area contributed by atoms with Gasteiger partial charge < -0.3 is 9.72 Å². The lowest BCUT2D eigenvalue weighted by Gasteiger charge is -2.05. The van der Waals surface area contributed by atoms with E-state index in [0.29, 0.717) is 16.3 Å². The Morgan fingerprint density at radius 3 is 2.91 bits per heavy atom. The summed E-state index contributed by atoms with van der Waals surface area (Å²) in [5, 5.41) is 23.5. The van der Waals surface area contributed by atoms with E-state index in [1.165, 1.54) is 18.2 Å². The van der Waals surface area contributed by atoms with Gasteiger partial charge in [-0.3, -0.25) is 10.1 Å². The third-order valence-corrected chi connectivity index (χ3v) is 3.47. The second kappa shape index (κ2) is 5.94. The number of fused-ring (bicyclic) bond motifs is 1. The predicted molar refractivity (Wildman–Crippen MR) is 85.3 cm³/mol. The number of benzene rings is 1. The highest BCUT2D eigenvalue weighted by Crippen LogP contribution is 2.25. The number of nitro benzene ring substituents is 1. The standard InChI is InChI=1S/C15H10ClN5O2/c16-11-2-4-15-19-12(9-20(15)8-11)7-18-13-5-10(6-17)1-3-14(13)21(22)23/h1-5,8-9,18H,7H2. The third kappa shape index (κ3) is 3.07. The van der Waals surface area contributed by atoms with Crippen molar-refractivity contribution in [1.29, 1.82) is 5.26 Å². The van der Waals surface area contributed by atoms with Crippen LogP contribution in [-0.4, -0.2) is 14.3 Å². The quantitative estimate of drug-likeness (QED) is 0.585. The Kier molecular flexibility index (Phi) is 3.83. The van der Waals surface area contributed by atoms with Gasteiger partial charge in [-0.2, -0.15) is 5.26 Å². The molecule has 0 fully saturated rings. The number of nitriles is 1. The molecule has 0 saturated heterocycles. The molecule has 8 heteroatoms. The van der Waals surface area contributed by atoms with Crippen molar-refractivity contribution in [2.24, 2.45) is 0 Å². The highest BCUT2D eigenvalue weighted by Gasteiger charge is 2.14. The van der Waals surface area contributed by atoms with Gasteiger partial charge in [-0.25, -0.2) is 4.98 Å². The number of hydrogen-bond acceptors (Lipinski definition) is 5. The summed E-state index contributed by atoms with van der Waals surface area (Å²) in [4.78, 5) is 15.0. The fourth-order valence-electron chi connectivity index (χ4n) is 2.19. The van der Waals surface area contributed by atoms with E-state index in [2.05, 4.69) is 10.3 Å². The van der Waals surface area contributed by atoms with Crippen LogP contribution >= 0.6 is 11.6 Å². The zero-order valence-corrected chi connectivity index (χ0v) is 12.5. The van der Waals surface area contributed by atoms with Gasteiger partial charge in [-0.1, -0.05) is 11.6 Å². The Morgan fingerprint density at radius 1 is 1.35 bits per heavy atom. The van der Waals surface area contributed by atoms with Crippen LogP contribution < -0.4 is 5.32 Å². The second-order valence-electron chi connectivity index (χ2n) is 4.80. The Bertz CT molecular complexity index is 945. The van der Waals surface area contributed by atoms with Crippen LogP contribution in [-0.2, 0) is 6.54 Å². The highest BCUT2D eigenvalue weighted by molar-refractivity contribution is 6.30. The number of imidazole rings is 1. The van der Waals surface area contributed by atoms with Crippen LogP contribution in [0.3, 0.4) is 0 Å². The van der Waals surface area contributed by atoms with E-state index in [-0.39, 0.29) is 17.9 Å². The normalized spacial score (nSPS) is 10.4. The minimum atomic E-state index is -0.493. The van der Waals surface area contributed by atoms with Gasteiger partial charge in [0.15, 0.2) is 0 Å². The van der Waals surface area contributed by atoms with Crippen molar-refractivity contribution in [3.8, 4) is 6.07 Å². The lowest BCUT2D eigenvalue weighted by atomic mass is 10.2. The number of aromatic nitrogens is 2. The highest BCUT2D eigenvalue weighted by atomic mass is 35.5. The number of nitro groups is 1. The summed E-state index contributed by atoms with van der Waals surface area (Å²) in [5.74, 6) is 0. The van der Waals surface area contributed by atoms with E-state index in [0.717, 1.165) is 5.65 Å². The Balaban J connectivity index is 1.86. The van der Waals surface area contributed by atoms with Crippen molar-refractivity contribution in [1.82, 2.24) is 9.38 Å². The molecule has 0 atom stereocenters. The maximum atomic E-state index is 11.1. The lowest BCUT2D eigenvalue weighted by molar-refractivity contribution is -0.384. The number of nitrogens with one attached hydrogen (secondary N) is 1. The lowest BCUT2D eigenvalue weighted by Crippen LogP contribution is -2.03. The molecule has 0 aliphatic heterocycles. The Labute approximate surface area is 135 Å². The van der Waals surface area contributed by atoms with Gasteiger partial charge in [-0.05, 0) is 24.3 Å². The first kappa shape index (κ1) is 14.8. The first-order valence-corrected chi connectivity index (χ1v) is 7.00. The van der Waals surface area contributed by atoms with Crippen molar-refractivity contribution in [3.63, 3.8) is 0 Å². The van der Waals surface area contributed by atoms with Gasteiger partial charge in [0.1, 0.15) is 11.3 Å². The van der Waals surface area contributed by atoms with E-state index in [4.69, 9.17) is 16.9 Å². The van der Waals surface area contributed by atoms with Gasteiger partial charge in [-0.15, -0.1) is 0 Å². The molecule has 1 aromatic carbocycles. The minimum absolute atomic E-state index is 0.0872. The van der Waals surface area contributed by atoms with Gasteiger partial charge in [0.25, 0.3) is 5.69 Å². The predicted octanol–water partition coefficient (Wildman–Crippen LogP) is 3.38. The first-order chi connectivity index (χ1) is 11.1. The minimum Gasteiger partial charge on any atom is -0.374 e. The summed E-state index contributed by atoms with van der Waals surface area (Å²) in [7, 11) is 0. The average Bonchev–Trinajstić information content (AvgIpc) is 2.94. The number of pyridine rings is 1. The number of halogens is 1. The van der Waals surface area contributed by atoms with Crippen molar-refractivity contribution < 1.29 is 4.92 Å². The fourth-order valence-corrected chi connectivity index (χ4v) is 2.36. The molecule has 23 heavy (non-hydrogen) atoms. The summed E-state index contributed by atoms with van der Waals surface area (Å²) in [6.45, 7) is 0.287. The van der Waals surface area contributed by atoms with Crippen LogP contribution in [0.4, 0.5) is 11.4 Å². The maximum Gasteiger partial charge on any atom is 0.292 e. The largest absolute Gasteiger partial charge is 0.374 e. The average molecular weight is 328 g/mol. The van der Waals surface area contributed by atoms with E-state index in [9.17, 15) is 10.1 Å². The molecule has 0 bridgehead atoms. The van der Waals surface area contributed by atoms with Gasteiger partial charge in [0, 0.05) is 18.5 Å². The molecular weight excluding hydrogens is 318 g/mol. The monoisotopic (exact) mass is 327 g/mol. The summed E-state index contributed by atoms with van der Waals surface area (Å²) in [6, 6.07) is 9.66. The molecule has 0 aliphatic carbocycles. The number of anilines is 1. The van der Waals surface area contributed by atoms with E-state index >= 15 is 0 Å². The van der Waals surface area contributed by atoms with Crippen LogP contribution in [0.1, 0.15) is 11.3 Å². The molecule has 7 nitrogen and oxygen atoms in total. The molecule has 1 N–H and O–H groups in total. The Morgan fingerprint density at radius 2 is 2.17 bits per heavy atom. The SMILES string of the molecule is N#Cc1ccc([N+](=O)[O-])c(NCc2cn3cc(Cl)ccc3n2)c1. The summed E-state index contributed by atoms with van der Waals surface area (Å²) < 4.78 is 1.78. The zero-order valence-electron chi connectivity index (χ0n) is 11.7. The maximum absolute atomic E-state index is 11.1. The topological polar surface area (TPSA) is 96.3 Å². The fraction of sp³-hybridized carbons (Fsp3) is 0.0667. The van der Waals surface area contributed by atoms with Crippen LogP contribution in [0, 0.1) is 21.4 Å². The smallest absolute Gasteiger partial charge is 0.292 e. The molecule has 0 amide bonds. The van der Waals surface area contributed by atoms with Crippen LogP contribution in [0.2, 0.25) is 5.02 Å². The second-order valence-corrected chi connectivity index (χ2v) is 5.24. The van der Waals surface area contributed by atoms with Gasteiger partial charge in [0.05, 0.1) is 33.8 Å². The molecule has 0 unspecified atom stereocenters. The van der Waals surface area contributed by atoms with E-state index in [1.54, 1.807) is 28.9 Å². The summed E-state index contributed by atoms with van der Waals surface area (Å²) in [6.07, 6.45) is 3.51. The van der Waals surface area contributed by atoms with Crippen LogP contribution in [0.25, 0.3) is 5.65 Å². The molecule has 0 aliphatic rings. The van der Waals surface area contributed by atoms with Crippen molar-refractivity contribution in [2.75, 3.05) is 5.32 Å². The van der Waals surface area contributed by atoms with E-state index < -0.39 is 4.92 Å².